The van der Waals surface area contributed by atoms with E-state index in [-0.39, 0.29) is 26.6 Å². The molecule has 0 fully saturated rings. The van der Waals surface area contributed by atoms with E-state index >= 15 is 0 Å². The Hall–Kier alpha value is -4.94. The second kappa shape index (κ2) is 11.7. The molecule has 0 aliphatic carbocycles. The summed E-state index contributed by atoms with van der Waals surface area (Å²) in [7, 11) is 0. The molecule has 47 heavy (non-hydrogen) atoms. The molecule has 0 bridgehead atoms. The number of hydrogen-bond donors (Lipinski definition) is 0. The van der Waals surface area contributed by atoms with Crippen molar-refractivity contribution in [3.8, 4) is 0 Å². The molecule has 0 radical (unpaired) electrons. The molecule has 0 spiro atoms. The molecule has 2 aliphatic heterocycles. The molecular formula is C43H35IN3-. The zero-order chi connectivity index (χ0) is 32.1. The van der Waals surface area contributed by atoms with E-state index in [0.29, 0.717) is 0 Å². The Morgan fingerprint density at radius 1 is 0.660 bits per heavy atom. The van der Waals surface area contributed by atoms with Crippen LogP contribution in [0.4, 0.5) is 39.8 Å². The van der Waals surface area contributed by atoms with Crippen molar-refractivity contribution < 1.29 is 21.2 Å². The number of anilines is 6. The summed E-state index contributed by atoms with van der Waals surface area (Å²) in [4.78, 5) is 9.70. The van der Waals surface area contributed by atoms with Gasteiger partial charge in [0, 0.05) is 5.41 Å². The third kappa shape index (κ3) is 5.17. The normalized spacial score (nSPS) is 14.3. The first-order valence-electron chi connectivity index (χ1n) is 16.0. The topological polar surface area (TPSA) is 18.8 Å². The SMILES string of the molecule is C=C(C)c1ccc2c(c1)C(C)(C)c1ccccc1N2c1ccc(N(c2ccccc2)c2ccc(C3=Nc4ccccc4[I-]3)cc2)cc1. The Morgan fingerprint density at radius 3 is 2.00 bits per heavy atom. The molecular weight excluding hydrogens is 685 g/mol. The average Bonchev–Trinajstić information content (AvgIpc) is 3.54. The van der Waals surface area contributed by atoms with E-state index < -0.39 is 0 Å². The molecule has 3 nitrogen and oxygen atoms in total. The van der Waals surface area contributed by atoms with Gasteiger partial charge in [-0.2, -0.15) is 0 Å². The van der Waals surface area contributed by atoms with Crippen LogP contribution < -0.4 is 31.0 Å². The molecule has 0 aromatic heterocycles. The van der Waals surface area contributed by atoms with Gasteiger partial charge in [0.25, 0.3) is 0 Å². The van der Waals surface area contributed by atoms with Gasteiger partial charge in [0.05, 0.1) is 0 Å². The summed E-state index contributed by atoms with van der Waals surface area (Å²) in [5, 5.41) is 0. The molecule has 230 valence electrons. The van der Waals surface area contributed by atoms with Crippen molar-refractivity contribution in [3.63, 3.8) is 0 Å². The van der Waals surface area contributed by atoms with Gasteiger partial charge >= 0.3 is 192 Å². The van der Waals surface area contributed by atoms with Crippen LogP contribution >= 0.6 is 0 Å². The van der Waals surface area contributed by atoms with Crippen molar-refractivity contribution >= 4 is 49.1 Å². The van der Waals surface area contributed by atoms with Crippen molar-refractivity contribution in [2.24, 2.45) is 4.99 Å². The monoisotopic (exact) mass is 720 g/mol. The molecule has 4 heteroatoms. The third-order valence-corrected chi connectivity index (χ3v) is 12.1. The Kier molecular flexibility index (Phi) is 7.33. The fourth-order valence-electron chi connectivity index (χ4n) is 6.74. The molecule has 0 unspecified atom stereocenters. The van der Waals surface area contributed by atoms with Crippen LogP contribution in [0.15, 0.2) is 157 Å². The summed E-state index contributed by atoms with van der Waals surface area (Å²) in [6, 6.07) is 52.6. The number of aliphatic imine (C=N–C) groups is 1. The maximum atomic E-state index is 4.96. The molecule has 0 amide bonds. The van der Waals surface area contributed by atoms with Crippen LogP contribution in [0.25, 0.3) is 5.57 Å². The van der Waals surface area contributed by atoms with E-state index in [1.165, 1.54) is 40.9 Å². The summed E-state index contributed by atoms with van der Waals surface area (Å²) in [6.45, 7) is 11.0. The van der Waals surface area contributed by atoms with Crippen LogP contribution in [-0.4, -0.2) is 3.72 Å². The Labute approximate surface area is 287 Å². The summed E-state index contributed by atoms with van der Waals surface area (Å²) in [5.41, 5.74) is 14.0. The number of hydrogen-bond acceptors (Lipinski definition) is 3. The van der Waals surface area contributed by atoms with E-state index in [0.717, 1.165) is 34.0 Å². The molecule has 6 aromatic rings. The van der Waals surface area contributed by atoms with Crippen molar-refractivity contribution in [1.82, 2.24) is 0 Å². The van der Waals surface area contributed by atoms with Gasteiger partial charge in [0.15, 0.2) is 0 Å². The van der Waals surface area contributed by atoms with Crippen molar-refractivity contribution in [2.75, 3.05) is 9.80 Å². The van der Waals surface area contributed by atoms with E-state index in [1.54, 1.807) is 0 Å². The second-order valence-electron chi connectivity index (χ2n) is 12.7. The summed E-state index contributed by atoms with van der Waals surface area (Å²) in [6.07, 6.45) is 0. The minimum atomic E-state index is -0.269. The van der Waals surface area contributed by atoms with Crippen LogP contribution in [0.1, 0.15) is 43.0 Å². The minimum absolute atomic E-state index is 0.140. The van der Waals surface area contributed by atoms with Crippen LogP contribution in [0, 0.1) is 3.57 Å². The van der Waals surface area contributed by atoms with Gasteiger partial charge in [-0.3, -0.25) is 0 Å². The Balaban J connectivity index is 1.17. The van der Waals surface area contributed by atoms with E-state index in [4.69, 9.17) is 4.99 Å². The second-order valence-corrected chi connectivity index (χ2v) is 15.4. The quantitative estimate of drug-likeness (QED) is 0.161. The zero-order valence-electron chi connectivity index (χ0n) is 26.8. The van der Waals surface area contributed by atoms with Gasteiger partial charge in [-0.1, -0.05) is 50.3 Å². The third-order valence-electron chi connectivity index (χ3n) is 9.23. The first-order chi connectivity index (χ1) is 22.9. The molecule has 2 heterocycles. The van der Waals surface area contributed by atoms with Crippen LogP contribution in [-0.2, 0) is 5.41 Å². The van der Waals surface area contributed by atoms with Gasteiger partial charge in [-0.05, 0) is 41.8 Å². The number of benzene rings is 6. The number of para-hydroxylation sites is 3. The molecule has 0 N–H and O–H groups in total. The number of allylic oxidation sites excluding steroid dienone is 1. The fourth-order valence-corrected chi connectivity index (χ4v) is 9.30. The predicted octanol–water partition coefficient (Wildman–Crippen LogP) is 8.65. The first-order valence-corrected chi connectivity index (χ1v) is 18.1. The molecule has 0 atom stereocenters. The standard InChI is InChI=1S/C43H35IN3/c1-29(2)31-20-27-41-37(28-31)43(3,4)36-14-8-11-17-40(36)47(41)35-25-23-34(24-26-35)46(32-12-6-5-7-13-32)33-21-18-30(19-22-33)42-44-38-15-9-10-16-39(38)45-42/h5-28H,1H2,2-4H3/q-1. The first kappa shape index (κ1) is 29.5. The Morgan fingerprint density at radius 2 is 1.28 bits per heavy atom. The van der Waals surface area contributed by atoms with Gasteiger partial charge < -0.3 is 0 Å². The van der Waals surface area contributed by atoms with Gasteiger partial charge in [0.1, 0.15) is 0 Å². The molecule has 0 saturated heterocycles. The summed E-state index contributed by atoms with van der Waals surface area (Å²) >= 11 is -0.269. The average molecular weight is 721 g/mol. The fraction of sp³-hybridized carbons (Fsp3) is 0.0930. The van der Waals surface area contributed by atoms with E-state index in [1.807, 2.05) is 0 Å². The Bertz CT molecular complexity index is 2160. The van der Waals surface area contributed by atoms with E-state index in [9.17, 15) is 0 Å². The summed E-state index contributed by atoms with van der Waals surface area (Å²) in [5.74, 6) is 0. The maximum absolute atomic E-state index is 4.96. The molecule has 8 rings (SSSR count). The predicted molar refractivity (Wildman–Crippen MR) is 194 cm³/mol. The van der Waals surface area contributed by atoms with E-state index in [2.05, 4.69) is 183 Å². The van der Waals surface area contributed by atoms with Gasteiger partial charge in [-0.15, -0.1) is 0 Å². The van der Waals surface area contributed by atoms with Crippen molar-refractivity contribution in [3.05, 3.63) is 178 Å². The van der Waals surface area contributed by atoms with Crippen LogP contribution in [0.3, 0.4) is 0 Å². The van der Waals surface area contributed by atoms with Crippen LogP contribution in [0.2, 0.25) is 0 Å². The van der Waals surface area contributed by atoms with Crippen molar-refractivity contribution in [1.29, 1.82) is 0 Å². The summed E-state index contributed by atoms with van der Waals surface area (Å²) < 4.78 is 2.63. The molecule has 6 aromatic carbocycles. The number of fused-ring (bicyclic) bond motifs is 3. The van der Waals surface area contributed by atoms with Crippen LogP contribution in [0.5, 0.6) is 0 Å². The van der Waals surface area contributed by atoms with Crippen molar-refractivity contribution in [2.45, 2.75) is 26.2 Å². The number of halogens is 1. The molecule has 2 aliphatic rings. The number of rotatable bonds is 6. The van der Waals surface area contributed by atoms with Gasteiger partial charge in [-0.25, -0.2) is 0 Å². The number of nitrogens with zero attached hydrogens (tertiary/aromatic N) is 3. The zero-order valence-corrected chi connectivity index (χ0v) is 28.9. The van der Waals surface area contributed by atoms with Gasteiger partial charge in [0.2, 0.25) is 0 Å². The molecule has 0 saturated carbocycles.